The molecule has 6 heteroatoms. The fourth-order valence-electron chi connectivity index (χ4n) is 2.10. The summed E-state index contributed by atoms with van der Waals surface area (Å²) in [6.07, 6.45) is 6.96. The number of rotatable bonds is 2. The van der Waals surface area contributed by atoms with Gasteiger partial charge in [-0.15, -0.1) is 0 Å². The van der Waals surface area contributed by atoms with E-state index in [0.717, 1.165) is 19.3 Å². The van der Waals surface area contributed by atoms with Gasteiger partial charge in [0.05, 0.1) is 0 Å². The number of esters is 2. The van der Waals surface area contributed by atoms with Crippen LogP contribution in [0.2, 0.25) is 0 Å². The van der Waals surface area contributed by atoms with E-state index < -0.39 is 24.3 Å². The number of aliphatic hydroxyl groups is 1. The largest absolute Gasteiger partial charge is 0.461 e. The molecule has 6 nitrogen and oxygen atoms in total. The van der Waals surface area contributed by atoms with Crippen LogP contribution in [-0.4, -0.2) is 49.1 Å². The van der Waals surface area contributed by atoms with Crippen molar-refractivity contribution >= 4 is 11.9 Å². The highest BCUT2D eigenvalue weighted by Gasteiger charge is 2.26. The zero-order valence-corrected chi connectivity index (χ0v) is 13.1. The summed E-state index contributed by atoms with van der Waals surface area (Å²) >= 11 is 0. The van der Waals surface area contributed by atoms with Gasteiger partial charge >= 0.3 is 11.9 Å². The van der Waals surface area contributed by atoms with Gasteiger partial charge in [0.15, 0.2) is 0 Å². The molecular formula is C16H24O6. The Labute approximate surface area is 130 Å². The van der Waals surface area contributed by atoms with Crippen LogP contribution in [0.15, 0.2) is 24.3 Å². The van der Waals surface area contributed by atoms with E-state index in [9.17, 15) is 14.7 Å². The van der Waals surface area contributed by atoms with Gasteiger partial charge in [0.25, 0.3) is 0 Å². The van der Waals surface area contributed by atoms with Crippen molar-refractivity contribution in [2.24, 2.45) is 0 Å². The number of carbonyl (C=O) groups excluding carboxylic acids is 2. The first-order valence-electron chi connectivity index (χ1n) is 7.41. The number of hydrogen-bond donors (Lipinski definition) is 1. The molecule has 22 heavy (non-hydrogen) atoms. The molecule has 0 aromatic carbocycles. The second-order valence-electron chi connectivity index (χ2n) is 5.05. The minimum atomic E-state index is -1.04. The lowest BCUT2D eigenvalue weighted by molar-refractivity contribution is -0.152. The van der Waals surface area contributed by atoms with E-state index in [4.69, 9.17) is 14.2 Å². The Morgan fingerprint density at radius 1 is 1.27 bits per heavy atom. The van der Waals surface area contributed by atoms with E-state index in [1.807, 2.05) is 6.08 Å². The molecule has 1 aliphatic heterocycles. The van der Waals surface area contributed by atoms with E-state index in [0.29, 0.717) is 6.42 Å². The maximum absolute atomic E-state index is 11.4. The van der Waals surface area contributed by atoms with Crippen LogP contribution in [0.4, 0.5) is 0 Å². The zero-order chi connectivity index (χ0) is 16.4. The molecule has 3 atom stereocenters. The van der Waals surface area contributed by atoms with Crippen LogP contribution in [0.1, 0.15) is 32.6 Å². The second-order valence-corrected chi connectivity index (χ2v) is 5.05. The van der Waals surface area contributed by atoms with Crippen molar-refractivity contribution in [3.63, 3.8) is 0 Å². The molecule has 1 heterocycles. The molecule has 1 N–H and O–H groups in total. The second kappa shape index (κ2) is 10.1. The van der Waals surface area contributed by atoms with Crippen molar-refractivity contribution in [2.75, 3.05) is 13.7 Å². The molecule has 0 unspecified atom stereocenters. The summed E-state index contributed by atoms with van der Waals surface area (Å²) in [5, 5.41) is 10.3. The first kappa shape index (κ1) is 18.4. The molecule has 0 amide bonds. The Kier molecular flexibility index (Phi) is 8.47. The monoisotopic (exact) mass is 312 g/mol. The normalized spacial score (nSPS) is 30.7. The fourth-order valence-corrected chi connectivity index (χ4v) is 2.10. The van der Waals surface area contributed by atoms with Gasteiger partial charge in [0, 0.05) is 20.5 Å². The topological polar surface area (TPSA) is 82.1 Å². The van der Waals surface area contributed by atoms with Crippen LogP contribution in [0.25, 0.3) is 0 Å². The standard InChI is InChI=1S/C16H24O6/c1-12(17)22-14-9-7-11-21-15(18)10-6-4-3-5-8-13(20-2)16(14)19/h5,7-9,13-14,16,19H,3-4,6,10-11H2,1-2H3/b8-5+,9-7-/t13-,14+,16-/m1/s1. The first-order chi connectivity index (χ1) is 10.5. The zero-order valence-electron chi connectivity index (χ0n) is 13.1. The Hall–Kier alpha value is -1.66. The number of allylic oxidation sites excluding steroid dienone is 1. The summed E-state index contributed by atoms with van der Waals surface area (Å²) in [5.41, 5.74) is 0. The van der Waals surface area contributed by atoms with E-state index in [1.54, 1.807) is 12.2 Å². The Morgan fingerprint density at radius 2 is 2.00 bits per heavy atom. The van der Waals surface area contributed by atoms with Crippen molar-refractivity contribution in [1.82, 2.24) is 0 Å². The Bertz CT molecular complexity index is 415. The summed E-state index contributed by atoms with van der Waals surface area (Å²) in [4.78, 5) is 22.6. The quantitative estimate of drug-likeness (QED) is 0.615. The highest BCUT2D eigenvalue weighted by molar-refractivity contribution is 5.69. The fraction of sp³-hybridized carbons (Fsp3) is 0.625. The highest BCUT2D eigenvalue weighted by Crippen LogP contribution is 2.13. The third-order valence-electron chi connectivity index (χ3n) is 3.24. The van der Waals surface area contributed by atoms with Gasteiger partial charge in [-0.1, -0.05) is 12.2 Å². The number of cyclic esters (lactones) is 1. The van der Waals surface area contributed by atoms with Crippen molar-refractivity contribution in [1.29, 1.82) is 0 Å². The summed E-state index contributed by atoms with van der Waals surface area (Å²) in [7, 11) is 1.48. The number of aliphatic hydroxyl groups excluding tert-OH is 1. The molecule has 0 aliphatic carbocycles. The Morgan fingerprint density at radius 3 is 2.68 bits per heavy atom. The van der Waals surface area contributed by atoms with Gasteiger partial charge in [0.2, 0.25) is 0 Å². The van der Waals surface area contributed by atoms with Gasteiger partial charge in [0.1, 0.15) is 24.9 Å². The predicted octanol–water partition coefficient (Wildman–Crippen LogP) is 1.52. The molecule has 0 saturated heterocycles. The van der Waals surface area contributed by atoms with Gasteiger partial charge in [-0.05, 0) is 31.4 Å². The lowest BCUT2D eigenvalue weighted by Gasteiger charge is -2.25. The van der Waals surface area contributed by atoms with Crippen LogP contribution in [0, 0.1) is 0 Å². The number of hydrogen-bond acceptors (Lipinski definition) is 6. The lowest BCUT2D eigenvalue weighted by Crippen LogP contribution is -2.39. The molecule has 0 aromatic rings. The minimum Gasteiger partial charge on any atom is -0.461 e. The first-order valence-corrected chi connectivity index (χ1v) is 7.41. The van der Waals surface area contributed by atoms with Crippen LogP contribution in [-0.2, 0) is 23.8 Å². The van der Waals surface area contributed by atoms with E-state index in [1.165, 1.54) is 20.1 Å². The van der Waals surface area contributed by atoms with Crippen LogP contribution in [0.3, 0.4) is 0 Å². The van der Waals surface area contributed by atoms with Crippen molar-refractivity contribution in [3.8, 4) is 0 Å². The maximum atomic E-state index is 11.4. The van der Waals surface area contributed by atoms with Crippen molar-refractivity contribution in [3.05, 3.63) is 24.3 Å². The Balaban J connectivity index is 2.85. The molecule has 1 rings (SSSR count). The summed E-state index contributed by atoms with van der Waals surface area (Å²) < 4.78 is 15.4. The summed E-state index contributed by atoms with van der Waals surface area (Å²) in [6.45, 7) is 1.35. The average molecular weight is 312 g/mol. The average Bonchev–Trinajstić information content (AvgIpc) is 2.48. The van der Waals surface area contributed by atoms with Gasteiger partial charge < -0.3 is 19.3 Å². The van der Waals surface area contributed by atoms with Crippen molar-refractivity contribution < 1.29 is 28.9 Å². The van der Waals surface area contributed by atoms with Gasteiger partial charge in [-0.3, -0.25) is 9.59 Å². The van der Waals surface area contributed by atoms with Crippen LogP contribution in [0.5, 0.6) is 0 Å². The highest BCUT2D eigenvalue weighted by atomic mass is 16.6. The number of ether oxygens (including phenoxy) is 3. The summed E-state index contributed by atoms with van der Waals surface area (Å²) in [5.74, 6) is -0.768. The molecule has 0 spiro atoms. The van der Waals surface area contributed by atoms with Gasteiger partial charge in [-0.2, -0.15) is 0 Å². The van der Waals surface area contributed by atoms with Gasteiger partial charge in [-0.25, -0.2) is 0 Å². The molecule has 0 bridgehead atoms. The predicted molar refractivity (Wildman–Crippen MR) is 80.1 cm³/mol. The third kappa shape index (κ3) is 6.87. The summed E-state index contributed by atoms with van der Waals surface area (Å²) in [6, 6.07) is 0. The molecule has 0 saturated carbocycles. The molecule has 0 radical (unpaired) electrons. The molecular weight excluding hydrogens is 288 g/mol. The van der Waals surface area contributed by atoms with Crippen LogP contribution >= 0.6 is 0 Å². The number of methoxy groups -OCH3 is 1. The molecule has 0 aromatic heterocycles. The molecule has 0 fully saturated rings. The third-order valence-corrected chi connectivity index (χ3v) is 3.24. The van der Waals surface area contributed by atoms with Crippen molar-refractivity contribution in [2.45, 2.75) is 50.9 Å². The SMILES string of the molecule is CO[C@@H]1/C=C/CCCCC(=O)OC/C=C\[C@H](OC(C)=O)[C@@H]1O. The maximum Gasteiger partial charge on any atom is 0.306 e. The van der Waals surface area contributed by atoms with E-state index in [-0.39, 0.29) is 12.6 Å². The molecule has 1 aliphatic rings. The van der Waals surface area contributed by atoms with E-state index >= 15 is 0 Å². The molecule has 124 valence electrons. The van der Waals surface area contributed by atoms with E-state index in [2.05, 4.69) is 0 Å². The lowest BCUT2D eigenvalue weighted by atomic mass is 10.1. The smallest absolute Gasteiger partial charge is 0.306 e. The minimum absolute atomic E-state index is 0.0802. The van der Waals surface area contributed by atoms with Crippen LogP contribution < -0.4 is 0 Å². The number of carbonyl (C=O) groups is 2.